The maximum absolute atomic E-state index is 12.9. The molecule has 14 heavy (non-hydrogen) atoms. The Hall–Kier alpha value is -1.96. The van der Waals surface area contributed by atoms with E-state index in [2.05, 4.69) is 0 Å². The van der Waals surface area contributed by atoms with Gasteiger partial charge in [-0.05, 0) is 17.7 Å². The number of nitrogens with zero attached hydrogens (tertiary/aromatic N) is 1. The lowest BCUT2D eigenvalue weighted by atomic mass is 10.1. The van der Waals surface area contributed by atoms with Crippen molar-refractivity contribution in [3.63, 3.8) is 0 Å². The van der Waals surface area contributed by atoms with E-state index in [1.54, 1.807) is 0 Å². The molecule has 0 fully saturated rings. The Morgan fingerprint density at radius 1 is 1.43 bits per heavy atom. The van der Waals surface area contributed by atoms with E-state index < -0.39 is 29.6 Å². The zero-order valence-electron chi connectivity index (χ0n) is 6.92. The van der Waals surface area contributed by atoms with Crippen LogP contribution in [0.4, 0.5) is 8.78 Å². The largest absolute Gasteiger partial charge is 0.481 e. The third-order valence-electron chi connectivity index (χ3n) is 1.57. The first-order valence-electron chi connectivity index (χ1n) is 3.64. The van der Waals surface area contributed by atoms with Gasteiger partial charge >= 0.3 is 5.97 Å². The molecule has 0 aliphatic rings. The van der Waals surface area contributed by atoms with Gasteiger partial charge in [0, 0.05) is 0 Å². The van der Waals surface area contributed by atoms with Crippen molar-refractivity contribution in [3.05, 3.63) is 34.9 Å². The van der Waals surface area contributed by atoms with Crippen LogP contribution in [-0.4, -0.2) is 11.1 Å². The number of carbonyl (C=O) groups is 1. The van der Waals surface area contributed by atoms with Gasteiger partial charge in [-0.15, -0.1) is 0 Å². The van der Waals surface area contributed by atoms with Crippen molar-refractivity contribution in [1.82, 2.24) is 0 Å². The molecule has 0 heterocycles. The first-order chi connectivity index (χ1) is 6.54. The summed E-state index contributed by atoms with van der Waals surface area (Å²) in [6.45, 7) is 0. The van der Waals surface area contributed by atoms with Crippen LogP contribution >= 0.6 is 0 Å². The fraction of sp³-hybridized carbons (Fsp3) is 0.111. The van der Waals surface area contributed by atoms with E-state index in [4.69, 9.17) is 10.4 Å². The van der Waals surface area contributed by atoms with Gasteiger partial charge in [0.2, 0.25) is 0 Å². The lowest BCUT2D eigenvalue weighted by Gasteiger charge is -2.00. The first kappa shape index (κ1) is 10.1. The molecule has 0 saturated heterocycles. The second-order valence-electron chi connectivity index (χ2n) is 2.62. The van der Waals surface area contributed by atoms with E-state index in [1.807, 2.05) is 0 Å². The molecule has 0 aliphatic heterocycles. The average molecular weight is 197 g/mol. The summed E-state index contributed by atoms with van der Waals surface area (Å²) in [7, 11) is 0. The first-order valence-corrected chi connectivity index (χ1v) is 3.64. The summed E-state index contributed by atoms with van der Waals surface area (Å²) < 4.78 is 25.8. The minimum Gasteiger partial charge on any atom is -0.481 e. The highest BCUT2D eigenvalue weighted by Crippen LogP contribution is 2.14. The normalized spacial score (nSPS) is 9.50. The quantitative estimate of drug-likeness (QED) is 0.780. The number of carboxylic acid groups (broad SMARTS) is 1. The molecule has 0 spiro atoms. The summed E-state index contributed by atoms with van der Waals surface area (Å²) >= 11 is 0. The average Bonchev–Trinajstić information content (AvgIpc) is 2.01. The van der Waals surface area contributed by atoms with Crippen molar-refractivity contribution < 1.29 is 18.7 Å². The van der Waals surface area contributed by atoms with Gasteiger partial charge in [0.05, 0.1) is 6.42 Å². The van der Waals surface area contributed by atoms with Crippen LogP contribution in [-0.2, 0) is 11.2 Å². The smallest absolute Gasteiger partial charge is 0.307 e. The van der Waals surface area contributed by atoms with Crippen molar-refractivity contribution in [1.29, 1.82) is 5.26 Å². The van der Waals surface area contributed by atoms with E-state index in [9.17, 15) is 13.6 Å². The van der Waals surface area contributed by atoms with Crippen LogP contribution in [0.15, 0.2) is 12.1 Å². The van der Waals surface area contributed by atoms with Crippen LogP contribution in [0.3, 0.4) is 0 Å². The zero-order valence-corrected chi connectivity index (χ0v) is 6.92. The van der Waals surface area contributed by atoms with Crippen LogP contribution in [0.5, 0.6) is 0 Å². The molecular formula is C9H5F2NO2. The SMILES string of the molecule is N#Cc1c(F)cc(CC(=O)O)cc1F. The summed E-state index contributed by atoms with van der Waals surface area (Å²) in [6.07, 6.45) is -0.473. The molecule has 0 atom stereocenters. The van der Waals surface area contributed by atoms with Crippen LogP contribution < -0.4 is 0 Å². The van der Waals surface area contributed by atoms with Gasteiger partial charge < -0.3 is 5.11 Å². The van der Waals surface area contributed by atoms with Gasteiger partial charge in [-0.2, -0.15) is 5.26 Å². The third-order valence-corrected chi connectivity index (χ3v) is 1.57. The summed E-state index contributed by atoms with van der Waals surface area (Å²) in [4.78, 5) is 10.2. The summed E-state index contributed by atoms with van der Waals surface area (Å²) in [5.41, 5.74) is -0.703. The molecule has 1 rings (SSSR count). The molecule has 3 nitrogen and oxygen atoms in total. The van der Waals surface area contributed by atoms with Crippen LogP contribution in [0.2, 0.25) is 0 Å². The van der Waals surface area contributed by atoms with Crippen LogP contribution in [0.1, 0.15) is 11.1 Å². The molecule has 0 aromatic heterocycles. The number of rotatable bonds is 2. The highest BCUT2D eigenvalue weighted by molar-refractivity contribution is 5.70. The Labute approximate surface area is 78.2 Å². The second kappa shape index (κ2) is 3.83. The van der Waals surface area contributed by atoms with E-state index in [0.717, 1.165) is 12.1 Å². The minimum atomic E-state index is -1.19. The van der Waals surface area contributed by atoms with E-state index in [1.165, 1.54) is 6.07 Å². The van der Waals surface area contributed by atoms with Crippen molar-refractivity contribution >= 4 is 5.97 Å². The number of hydrogen-bond donors (Lipinski definition) is 1. The topological polar surface area (TPSA) is 61.1 Å². The molecular weight excluding hydrogens is 192 g/mol. The molecule has 0 aliphatic carbocycles. The molecule has 1 N–H and O–H groups in total. The molecule has 1 aromatic rings. The monoisotopic (exact) mass is 197 g/mol. The number of benzene rings is 1. The molecule has 0 radical (unpaired) electrons. The fourth-order valence-electron chi connectivity index (χ4n) is 1.01. The molecule has 5 heteroatoms. The molecule has 0 saturated carbocycles. The number of hydrogen-bond acceptors (Lipinski definition) is 2. The third kappa shape index (κ3) is 2.04. The predicted octanol–water partition coefficient (Wildman–Crippen LogP) is 1.46. The van der Waals surface area contributed by atoms with Crippen LogP contribution in [0.25, 0.3) is 0 Å². The number of carboxylic acids is 1. The Morgan fingerprint density at radius 2 is 1.93 bits per heavy atom. The van der Waals surface area contributed by atoms with Crippen molar-refractivity contribution in [2.24, 2.45) is 0 Å². The summed E-state index contributed by atoms with van der Waals surface area (Å²) in [5.74, 6) is -3.26. The Balaban J connectivity index is 3.15. The van der Waals surface area contributed by atoms with Crippen molar-refractivity contribution in [2.75, 3.05) is 0 Å². The number of aliphatic carboxylic acids is 1. The highest BCUT2D eigenvalue weighted by Gasteiger charge is 2.11. The summed E-state index contributed by atoms with van der Waals surface area (Å²) in [5, 5.41) is 16.7. The summed E-state index contributed by atoms with van der Waals surface area (Å²) in [6, 6.07) is 3.03. The van der Waals surface area contributed by atoms with Crippen LogP contribution in [0, 0.1) is 23.0 Å². The van der Waals surface area contributed by atoms with Gasteiger partial charge in [-0.25, -0.2) is 8.78 Å². The maximum atomic E-state index is 12.9. The van der Waals surface area contributed by atoms with Gasteiger partial charge in [-0.1, -0.05) is 0 Å². The Kier molecular flexibility index (Phi) is 2.77. The van der Waals surface area contributed by atoms with E-state index in [-0.39, 0.29) is 5.56 Å². The van der Waals surface area contributed by atoms with Crippen molar-refractivity contribution in [2.45, 2.75) is 6.42 Å². The predicted molar refractivity (Wildman–Crippen MR) is 42.4 cm³/mol. The minimum absolute atomic E-state index is 0.00787. The van der Waals surface area contributed by atoms with Gasteiger partial charge in [0.25, 0.3) is 0 Å². The zero-order chi connectivity index (χ0) is 10.7. The molecule has 0 amide bonds. The fourth-order valence-corrected chi connectivity index (χ4v) is 1.01. The van der Waals surface area contributed by atoms with Gasteiger partial charge in [0.15, 0.2) is 0 Å². The highest BCUT2D eigenvalue weighted by atomic mass is 19.1. The number of halogens is 2. The molecule has 72 valence electrons. The lowest BCUT2D eigenvalue weighted by Crippen LogP contribution is -2.02. The molecule has 1 aromatic carbocycles. The standard InChI is InChI=1S/C9H5F2NO2/c10-7-1-5(3-9(13)14)2-8(11)6(7)4-12/h1-2H,3H2,(H,13,14). The van der Waals surface area contributed by atoms with Gasteiger partial charge in [0.1, 0.15) is 23.3 Å². The second-order valence-corrected chi connectivity index (χ2v) is 2.62. The van der Waals surface area contributed by atoms with Crippen molar-refractivity contribution in [3.8, 4) is 6.07 Å². The lowest BCUT2D eigenvalue weighted by molar-refractivity contribution is -0.136. The maximum Gasteiger partial charge on any atom is 0.307 e. The van der Waals surface area contributed by atoms with E-state index >= 15 is 0 Å². The van der Waals surface area contributed by atoms with Gasteiger partial charge in [-0.3, -0.25) is 4.79 Å². The Bertz CT molecular complexity index is 400. The molecule has 0 unspecified atom stereocenters. The Morgan fingerprint density at radius 3 is 2.29 bits per heavy atom. The number of nitriles is 1. The van der Waals surface area contributed by atoms with E-state index in [0.29, 0.717) is 0 Å². The molecule has 0 bridgehead atoms.